The monoisotopic (exact) mass is 438 g/mol. The van der Waals surface area contributed by atoms with E-state index in [9.17, 15) is 18.4 Å². The predicted octanol–water partition coefficient (Wildman–Crippen LogP) is 5.58. The summed E-state index contributed by atoms with van der Waals surface area (Å²) < 4.78 is 27.2. The molecule has 0 fully saturated rings. The molecular weight excluding hydrogens is 422 g/mol. The lowest BCUT2D eigenvalue weighted by Gasteiger charge is -2.15. The molecule has 31 heavy (non-hydrogen) atoms. The summed E-state index contributed by atoms with van der Waals surface area (Å²) >= 11 is 5.96. The van der Waals surface area contributed by atoms with Crippen molar-refractivity contribution in [2.24, 2.45) is 0 Å². The van der Waals surface area contributed by atoms with Crippen molar-refractivity contribution in [3.63, 3.8) is 0 Å². The van der Waals surface area contributed by atoms with Crippen molar-refractivity contribution in [1.82, 2.24) is 0 Å². The van der Waals surface area contributed by atoms with Gasteiger partial charge in [-0.05, 0) is 53.9 Å². The second-order valence-corrected chi connectivity index (χ2v) is 7.41. The van der Waals surface area contributed by atoms with Crippen molar-refractivity contribution in [1.29, 1.82) is 0 Å². The third kappa shape index (κ3) is 3.94. The summed E-state index contributed by atoms with van der Waals surface area (Å²) in [6, 6.07) is 16.8. The highest BCUT2D eigenvalue weighted by Crippen LogP contribution is 2.34. The number of nitrogens with one attached hydrogen (secondary N) is 1. The van der Waals surface area contributed by atoms with E-state index < -0.39 is 23.4 Å². The molecule has 0 aromatic heterocycles. The molecule has 156 valence electrons. The Labute approximate surface area is 182 Å². The minimum atomic E-state index is -1.15. The summed E-state index contributed by atoms with van der Waals surface area (Å²) in [7, 11) is 0. The summed E-state index contributed by atoms with van der Waals surface area (Å²) in [5, 5.41) is 3.50. The van der Waals surface area contributed by atoms with E-state index in [2.05, 4.69) is 5.32 Å². The van der Waals surface area contributed by atoms with Gasteiger partial charge in [0.1, 0.15) is 5.70 Å². The fraction of sp³-hybridized carbons (Fsp3) is 0.0833. The summed E-state index contributed by atoms with van der Waals surface area (Å²) in [6.45, 7) is 2.03. The van der Waals surface area contributed by atoms with Gasteiger partial charge < -0.3 is 5.32 Å². The van der Waals surface area contributed by atoms with E-state index in [1.54, 1.807) is 24.3 Å². The maximum atomic E-state index is 13.8. The van der Waals surface area contributed by atoms with Crippen LogP contribution in [0.3, 0.4) is 0 Å². The molecule has 1 heterocycles. The Bertz CT molecular complexity index is 1210. The van der Waals surface area contributed by atoms with Crippen LogP contribution >= 0.6 is 11.6 Å². The van der Waals surface area contributed by atoms with Crippen molar-refractivity contribution in [2.45, 2.75) is 13.3 Å². The SMILES string of the molecule is CCc1ccc(NC2=C(c3ccc(Cl)cc3)C(=O)N(c3ccc(F)c(F)c3)C2=O)cc1. The number of hydrogen-bond acceptors (Lipinski definition) is 3. The maximum Gasteiger partial charge on any atom is 0.282 e. The second kappa shape index (κ2) is 8.32. The number of imide groups is 1. The first kappa shape index (κ1) is 20.8. The largest absolute Gasteiger partial charge is 0.350 e. The average Bonchev–Trinajstić information content (AvgIpc) is 3.01. The Hall–Kier alpha value is -3.51. The van der Waals surface area contributed by atoms with Gasteiger partial charge in [0.05, 0.1) is 11.3 Å². The van der Waals surface area contributed by atoms with Crippen LogP contribution in [0.1, 0.15) is 18.1 Å². The van der Waals surface area contributed by atoms with Crippen LogP contribution in [0.5, 0.6) is 0 Å². The smallest absolute Gasteiger partial charge is 0.282 e. The molecule has 0 unspecified atom stereocenters. The second-order valence-electron chi connectivity index (χ2n) is 6.98. The highest BCUT2D eigenvalue weighted by molar-refractivity contribution is 6.46. The first-order chi connectivity index (χ1) is 14.9. The van der Waals surface area contributed by atoms with E-state index in [0.717, 1.165) is 29.0 Å². The zero-order chi connectivity index (χ0) is 22.1. The molecule has 4 rings (SSSR count). The number of amides is 2. The number of hydrogen-bond donors (Lipinski definition) is 1. The van der Waals surface area contributed by atoms with Crippen LogP contribution in [0, 0.1) is 11.6 Å². The molecular formula is C24H17ClF2N2O2. The van der Waals surface area contributed by atoms with Crippen LogP contribution in [-0.4, -0.2) is 11.8 Å². The highest BCUT2D eigenvalue weighted by Gasteiger charge is 2.40. The minimum Gasteiger partial charge on any atom is -0.350 e. The Morgan fingerprint density at radius 1 is 0.871 bits per heavy atom. The van der Waals surface area contributed by atoms with Gasteiger partial charge in [-0.3, -0.25) is 9.59 Å². The van der Waals surface area contributed by atoms with Gasteiger partial charge in [-0.25, -0.2) is 13.7 Å². The number of carbonyl (C=O) groups excluding carboxylic acids is 2. The van der Waals surface area contributed by atoms with Crippen molar-refractivity contribution >= 4 is 40.4 Å². The fourth-order valence-electron chi connectivity index (χ4n) is 3.36. The normalized spacial score (nSPS) is 13.9. The van der Waals surface area contributed by atoms with Crippen LogP contribution in [0.25, 0.3) is 5.57 Å². The van der Waals surface area contributed by atoms with Gasteiger partial charge >= 0.3 is 0 Å². The summed E-state index contributed by atoms with van der Waals surface area (Å²) in [5.41, 5.74) is 2.31. The third-order valence-electron chi connectivity index (χ3n) is 5.01. The van der Waals surface area contributed by atoms with Crippen molar-refractivity contribution in [3.05, 3.63) is 100 Å². The fourth-order valence-corrected chi connectivity index (χ4v) is 3.48. The number of anilines is 2. The van der Waals surface area contributed by atoms with Gasteiger partial charge in [0.2, 0.25) is 0 Å². The molecule has 0 spiro atoms. The van der Waals surface area contributed by atoms with Crippen LogP contribution in [0.15, 0.2) is 72.4 Å². The van der Waals surface area contributed by atoms with Crippen LogP contribution < -0.4 is 10.2 Å². The van der Waals surface area contributed by atoms with E-state index in [0.29, 0.717) is 16.3 Å². The standard InChI is InChI=1S/C24H17ClF2N2O2/c1-2-14-3-9-17(10-4-14)28-22-21(15-5-7-16(25)8-6-15)23(30)29(24(22)31)18-11-12-19(26)20(27)13-18/h3-13,28H,2H2,1H3. The zero-order valence-corrected chi connectivity index (χ0v) is 17.2. The molecule has 1 aliphatic rings. The molecule has 0 saturated heterocycles. The Kier molecular flexibility index (Phi) is 5.57. The first-order valence-electron chi connectivity index (χ1n) is 9.59. The molecule has 3 aromatic carbocycles. The molecule has 3 aromatic rings. The number of benzene rings is 3. The van der Waals surface area contributed by atoms with Crippen LogP contribution in [-0.2, 0) is 16.0 Å². The average molecular weight is 439 g/mol. The number of halogens is 3. The third-order valence-corrected chi connectivity index (χ3v) is 5.26. The Morgan fingerprint density at radius 2 is 1.55 bits per heavy atom. The van der Waals surface area contributed by atoms with Crippen molar-refractivity contribution in [2.75, 3.05) is 10.2 Å². The molecule has 2 amide bonds. The van der Waals surface area contributed by atoms with E-state index in [1.165, 1.54) is 6.07 Å². The van der Waals surface area contributed by atoms with Gasteiger partial charge in [-0.15, -0.1) is 0 Å². The van der Waals surface area contributed by atoms with E-state index in [-0.39, 0.29) is 17.0 Å². The number of aryl methyl sites for hydroxylation is 1. The van der Waals surface area contributed by atoms with Crippen molar-refractivity contribution in [3.8, 4) is 0 Å². The van der Waals surface area contributed by atoms with E-state index in [1.807, 2.05) is 31.2 Å². The molecule has 4 nitrogen and oxygen atoms in total. The lowest BCUT2D eigenvalue weighted by molar-refractivity contribution is -0.120. The first-order valence-corrected chi connectivity index (χ1v) is 9.97. The lowest BCUT2D eigenvalue weighted by atomic mass is 10.0. The van der Waals surface area contributed by atoms with Gasteiger partial charge in [0.15, 0.2) is 11.6 Å². The topological polar surface area (TPSA) is 49.4 Å². The van der Waals surface area contributed by atoms with Crippen LogP contribution in [0.4, 0.5) is 20.2 Å². The van der Waals surface area contributed by atoms with Crippen LogP contribution in [0.2, 0.25) is 5.02 Å². The molecule has 1 N–H and O–H groups in total. The maximum absolute atomic E-state index is 13.8. The molecule has 7 heteroatoms. The van der Waals surface area contributed by atoms with Gasteiger partial charge in [0.25, 0.3) is 11.8 Å². The molecule has 0 radical (unpaired) electrons. The summed E-state index contributed by atoms with van der Waals surface area (Å²) in [5.74, 6) is -3.53. The Morgan fingerprint density at radius 3 is 2.16 bits per heavy atom. The Balaban J connectivity index is 1.80. The minimum absolute atomic E-state index is 0.0429. The molecule has 0 aliphatic carbocycles. The molecule has 0 bridgehead atoms. The van der Waals surface area contributed by atoms with Gasteiger partial charge in [-0.2, -0.15) is 0 Å². The van der Waals surface area contributed by atoms with E-state index in [4.69, 9.17) is 11.6 Å². The quantitative estimate of drug-likeness (QED) is 0.529. The molecule has 0 saturated carbocycles. The summed E-state index contributed by atoms with van der Waals surface area (Å²) in [6.07, 6.45) is 0.861. The molecule has 0 atom stereocenters. The molecule has 1 aliphatic heterocycles. The predicted molar refractivity (Wildman–Crippen MR) is 117 cm³/mol. The number of carbonyl (C=O) groups is 2. The van der Waals surface area contributed by atoms with Gasteiger partial charge in [-0.1, -0.05) is 42.8 Å². The lowest BCUT2D eigenvalue weighted by Crippen LogP contribution is -2.32. The summed E-state index contributed by atoms with van der Waals surface area (Å²) in [4.78, 5) is 27.3. The number of rotatable bonds is 5. The number of nitrogens with zero attached hydrogens (tertiary/aromatic N) is 1. The van der Waals surface area contributed by atoms with Gasteiger partial charge in [0, 0.05) is 16.8 Å². The van der Waals surface area contributed by atoms with Crippen molar-refractivity contribution < 1.29 is 18.4 Å². The van der Waals surface area contributed by atoms with E-state index >= 15 is 0 Å². The highest BCUT2D eigenvalue weighted by atomic mass is 35.5. The zero-order valence-electron chi connectivity index (χ0n) is 16.5.